The van der Waals surface area contributed by atoms with Crippen molar-refractivity contribution in [3.8, 4) is 11.5 Å². The summed E-state index contributed by atoms with van der Waals surface area (Å²) in [5, 5.41) is 0. The summed E-state index contributed by atoms with van der Waals surface area (Å²) in [5.74, 6) is 0.418. The highest BCUT2D eigenvalue weighted by Crippen LogP contribution is 2.25. The Morgan fingerprint density at radius 2 is 1.62 bits per heavy atom. The zero-order valence-corrected chi connectivity index (χ0v) is 16.4. The summed E-state index contributed by atoms with van der Waals surface area (Å²) in [6.45, 7) is 0.0268. The van der Waals surface area contributed by atoms with Crippen molar-refractivity contribution in [3.63, 3.8) is 0 Å². The van der Waals surface area contributed by atoms with Gasteiger partial charge in [0, 0.05) is 17.1 Å². The number of carbonyl (C=O) groups excluding carboxylic acids is 2. The summed E-state index contributed by atoms with van der Waals surface area (Å²) in [6.07, 6.45) is 0. The Labute approximate surface area is 160 Å². The van der Waals surface area contributed by atoms with E-state index < -0.39 is 5.97 Å². The molecule has 0 aliphatic carbocycles. The lowest BCUT2D eigenvalue weighted by Gasteiger charge is -2.23. The predicted molar refractivity (Wildman–Crippen MR) is 100 cm³/mol. The Bertz CT molecular complexity index is 771. The third-order valence-electron chi connectivity index (χ3n) is 3.72. The van der Waals surface area contributed by atoms with Gasteiger partial charge in [-0.2, -0.15) is 0 Å². The zero-order valence-electron chi connectivity index (χ0n) is 14.8. The van der Waals surface area contributed by atoms with Crippen molar-refractivity contribution in [2.75, 3.05) is 27.9 Å². The minimum atomic E-state index is -0.500. The average Bonchev–Trinajstić information content (AvgIpc) is 2.66. The maximum absolute atomic E-state index is 13.0. The molecule has 2 aromatic carbocycles. The molecule has 2 aromatic rings. The van der Waals surface area contributed by atoms with E-state index in [2.05, 4.69) is 15.9 Å². The Balaban J connectivity index is 2.35. The van der Waals surface area contributed by atoms with Crippen LogP contribution in [0.3, 0.4) is 0 Å². The molecule has 0 aliphatic heterocycles. The molecule has 7 heteroatoms. The van der Waals surface area contributed by atoms with Gasteiger partial charge in [-0.15, -0.1) is 0 Å². The van der Waals surface area contributed by atoms with Gasteiger partial charge in [0.05, 0.1) is 26.9 Å². The fourth-order valence-electron chi connectivity index (χ4n) is 2.40. The second-order valence-electron chi connectivity index (χ2n) is 5.44. The second-order valence-corrected chi connectivity index (χ2v) is 6.29. The molecule has 0 radical (unpaired) electrons. The molecule has 0 heterocycles. The van der Waals surface area contributed by atoms with E-state index in [0.717, 1.165) is 5.56 Å². The Hall–Kier alpha value is -2.54. The molecular formula is C19H20BrNO5. The first kappa shape index (κ1) is 19.8. The van der Waals surface area contributed by atoms with Gasteiger partial charge in [0.1, 0.15) is 18.0 Å². The third kappa shape index (κ3) is 4.98. The number of carbonyl (C=O) groups is 2. The molecule has 1 amide bonds. The fraction of sp³-hybridized carbons (Fsp3) is 0.263. The number of amides is 1. The van der Waals surface area contributed by atoms with Gasteiger partial charge in [0.15, 0.2) is 0 Å². The maximum Gasteiger partial charge on any atom is 0.325 e. The minimum absolute atomic E-state index is 0.170. The van der Waals surface area contributed by atoms with Gasteiger partial charge in [-0.3, -0.25) is 9.59 Å². The van der Waals surface area contributed by atoms with Crippen LogP contribution in [0.15, 0.2) is 46.9 Å². The molecule has 2 rings (SSSR count). The molecule has 0 aliphatic rings. The lowest BCUT2D eigenvalue weighted by atomic mass is 10.1. The van der Waals surface area contributed by atoms with Crippen LogP contribution in [0.2, 0.25) is 0 Å². The number of nitrogens with zero attached hydrogens (tertiary/aromatic N) is 1. The highest BCUT2D eigenvalue weighted by Gasteiger charge is 2.22. The summed E-state index contributed by atoms with van der Waals surface area (Å²) in [4.78, 5) is 26.2. The Kier molecular flexibility index (Phi) is 7.03. The summed E-state index contributed by atoms with van der Waals surface area (Å²) in [6, 6.07) is 12.4. The van der Waals surface area contributed by atoms with Crippen molar-refractivity contribution >= 4 is 27.8 Å². The van der Waals surface area contributed by atoms with Crippen molar-refractivity contribution < 1.29 is 23.8 Å². The van der Waals surface area contributed by atoms with E-state index >= 15 is 0 Å². The molecule has 0 N–H and O–H groups in total. The summed E-state index contributed by atoms with van der Waals surface area (Å²) < 4.78 is 15.9. The second kappa shape index (κ2) is 9.24. The van der Waals surface area contributed by atoms with Crippen LogP contribution >= 0.6 is 15.9 Å². The Morgan fingerprint density at radius 1 is 1.00 bits per heavy atom. The lowest BCUT2D eigenvalue weighted by Crippen LogP contribution is -2.36. The molecule has 26 heavy (non-hydrogen) atoms. The smallest absolute Gasteiger partial charge is 0.325 e. The van der Waals surface area contributed by atoms with Crippen molar-refractivity contribution in [2.24, 2.45) is 0 Å². The van der Waals surface area contributed by atoms with Gasteiger partial charge in [-0.25, -0.2) is 0 Å². The lowest BCUT2D eigenvalue weighted by molar-refractivity contribution is -0.141. The first-order valence-electron chi connectivity index (χ1n) is 7.81. The topological polar surface area (TPSA) is 65.1 Å². The van der Waals surface area contributed by atoms with Crippen LogP contribution < -0.4 is 9.47 Å². The van der Waals surface area contributed by atoms with Gasteiger partial charge in [0.25, 0.3) is 5.91 Å². The van der Waals surface area contributed by atoms with Gasteiger partial charge in [-0.05, 0) is 45.8 Å². The number of halogens is 1. The van der Waals surface area contributed by atoms with Crippen molar-refractivity contribution in [1.29, 1.82) is 0 Å². The van der Waals surface area contributed by atoms with Gasteiger partial charge in [-0.1, -0.05) is 12.1 Å². The molecule has 0 bridgehead atoms. The summed E-state index contributed by atoms with van der Waals surface area (Å²) in [5.41, 5.74) is 1.23. The highest BCUT2D eigenvalue weighted by atomic mass is 79.9. The average molecular weight is 422 g/mol. The number of esters is 1. The fourth-order valence-corrected chi connectivity index (χ4v) is 2.86. The van der Waals surface area contributed by atoms with E-state index in [9.17, 15) is 9.59 Å². The third-order valence-corrected chi connectivity index (χ3v) is 4.42. The molecule has 0 fully saturated rings. The van der Waals surface area contributed by atoms with Gasteiger partial charge < -0.3 is 19.1 Å². The van der Waals surface area contributed by atoms with Crippen LogP contribution in [0.25, 0.3) is 0 Å². The monoisotopic (exact) mass is 421 g/mol. The van der Waals surface area contributed by atoms with Crippen molar-refractivity contribution in [3.05, 3.63) is 58.1 Å². The highest BCUT2D eigenvalue weighted by molar-refractivity contribution is 9.10. The standard InChI is InChI=1S/C19H20BrNO5/c1-24-14-8-13(9-15(10-14)25-2)11-21(12-18(22)26-3)19(23)16-6-4-5-7-17(16)20/h4-10H,11-12H2,1-3H3. The van der Waals surface area contributed by atoms with E-state index in [1.54, 1.807) is 50.6 Å². The summed E-state index contributed by atoms with van der Waals surface area (Å²) >= 11 is 3.38. The minimum Gasteiger partial charge on any atom is -0.497 e. The first-order chi connectivity index (χ1) is 12.5. The number of benzene rings is 2. The van der Waals surface area contributed by atoms with Crippen molar-refractivity contribution in [1.82, 2.24) is 4.90 Å². The number of ether oxygens (including phenoxy) is 3. The number of rotatable bonds is 7. The quantitative estimate of drug-likeness (QED) is 0.641. The van der Waals surface area contributed by atoms with Crippen LogP contribution in [0.5, 0.6) is 11.5 Å². The molecular weight excluding hydrogens is 402 g/mol. The number of methoxy groups -OCH3 is 3. The van der Waals surface area contributed by atoms with Gasteiger partial charge in [0.2, 0.25) is 0 Å². The maximum atomic E-state index is 13.0. The summed E-state index contributed by atoms with van der Waals surface area (Å²) in [7, 11) is 4.39. The van der Waals surface area contributed by atoms with Crippen LogP contribution in [-0.4, -0.2) is 44.7 Å². The van der Waals surface area contributed by atoms with Crippen LogP contribution in [0, 0.1) is 0 Å². The SMILES string of the molecule is COC(=O)CN(Cc1cc(OC)cc(OC)c1)C(=O)c1ccccc1Br. The molecule has 0 saturated heterocycles. The normalized spacial score (nSPS) is 10.2. The molecule has 0 unspecified atom stereocenters. The van der Waals surface area contributed by atoms with Gasteiger partial charge >= 0.3 is 5.97 Å². The largest absolute Gasteiger partial charge is 0.497 e. The predicted octanol–water partition coefficient (Wildman–Crippen LogP) is 3.28. The molecule has 6 nitrogen and oxygen atoms in total. The van der Waals surface area contributed by atoms with E-state index in [1.807, 2.05) is 6.07 Å². The van der Waals surface area contributed by atoms with Crippen LogP contribution in [0.1, 0.15) is 15.9 Å². The first-order valence-corrected chi connectivity index (χ1v) is 8.60. The Morgan fingerprint density at radius 3 is 2.15 bits per heavy atom. The zero-order chi connectivity index (χ0) is 19.1. The van der Waals surface area contributed by atoms with Crippen LogP contribution in [0.4, 0.5) is 0 Å². The van der Waals surface area contributed by atoms with E-state index in [0.29, 0.717) is 21.5 Å². The van der Waals surface area contributed by atoms with E-state index in [1.165, 1.54) is 12.0 Å². The number of hydrogen-bond donors (Lipinski definition) is 0. The number of hydrogen-bond acceptors (Lipinski definition) is 5. The van der Waals surface area contributed by atoms with Crippen molar-refractivity contribution in [2.45, 2.75) is 6.54 Å². The van der Waals surface area contributed by atoms with E-state index in [4.69, 9.17) is 14.2 Å². The molecule has 0 saturated carbocycles. The molecule has 138 valence electrons. The van der Waals surface area contributed by atoms with E-state index in [-0.39, 0.29) is 19.0 Å². The molecule has 0 aromatic heterocycles. The molecule has 0 spiro atoms. The van der Waals surface area contributed by atoms with Crippen LogP contribution in [-0.2, 0) is 16.1 Å². The molecule has 0 atom stereocenters.